The highest BCUT2D eigenvalue weighted by atomic mass is 14.9. The van der Waals surface area contributed by atoms with Gasteiger partial charge in [0.1, 0.15) is 0 Å². The Morgan fingerprint density at radius 1 is 1.12 bits per heavy atom. The molecular formula is C15H31N. The molecule has 0 saturated heterocycles. The van der Waals surface area contributed by atoms with Crippen LogP contribution in [0.5, 0.6) is 0 Å². The zero-order valence-electron chi connectivity index (χ0n) is 11.8. The van der Waals surface area contributed by atoms with Gasteiger partial charge in [0, 0.05) is 6.04 Å². The van der Waals surface area contributed by atoms with E-state index >= 15 is 0 Å². The second-order valence-electron chi connectivity index (χ2n) is 6.22. The third-order valence-electron chi connectivity index (χ3n) is 4.32. The monoisotopic (exact) mass is 225 g/mol. The highest BCUT2D eigenvalue weighted by Gasteiger charge is 2.26. The summed E-state index contributed by atoms with van der Waals surface area (Å²) in [6.45, 7) is 10.7. The van der Waals surface area contributed by atoms with Crippen molar-refractivity contribution in [1.29, 1.82) is 0 Å². The van der Waals surface area contributed by atoms with E-state index in [-0.39, 0.29) is 0 Å². The molecule has 1 aliphatic carbocycles. The van der Waals surface area contributed by atoms with E-state index in [9.17, 15) is 0 Å². The van der Waals surface area contributed by atoms with Crippen molar-refractivity contribution in [2.24, 2.45) is 17.8 Å². The highest BCUT2D eigenvalue weighted by molar-refractivity contribution is 4.81. The summed E-state index contributed by atoms with van der Waals surface area (Å²) >= 11 is 0. The van der Waals surface area contributed by atoms with Gasteiger partial charge >= 0.3 is 0 Å². The molecule has 96 valence electrons. The lowest BCUT2D eigenvalue weighted by Gasteiger charge is -2.34. The first-order chi connectivity index (χ1) is 7.61. The van der Waals surface area contributed by atoms with Gasteiger partial charge in [-0.3, -0.25) is 0 Å². The van der Waals surface area contributed by atoms with Crippen molar-refractivity contribution in [1.82, 2.24) is 5.32 Å². The summed E-state index contributed by atoms with van der Waals surface area (Å²) in [7, 11) is 0. The minimum absolute atomic E-state index is 0.794. The van der Waals surface area contributed by atoms with Gasteiger partial charge in [0.05, 0.1) is 0 Å². The Kier molecular flexibility index (Phi) is 6.41. The second-order valence-corrected chi connectivity index (χ2v) is 6.22. The van der Waals surface area contributed by atoms with Gasteiger partial charge in [-0.25, -0.2) is 0 Å². The van der Waals surface area contributed by atoms with Crippen LogP contribution in [0.25, 0.3) is 0 Å². The van der Waals surface area contributed by atoms with Gasteiger partial charge < -0.3 is 5.32 Å². The molecule has 1 aliphatic rings. The molecular weight excluding hydrogens is 194 g/mol. The van der Waals surface area contributed by atoms with Gasteiger partial charge in [-0.05, 0) is 37.1 Å². The minimum Gasteiger partial charge on any atom is -0.314 e. The van der Waals surface area contributed by atoms with Crippen molar-refractivity contribution in [3.05, 3.63) is 0 Å². The Labute approximate surface area is 102 Å². The van der Waals surface area contributed by atoms with Crippen LogP contribution in [-0.2, 0) is 0 Å². The Bertz CT molecular complexity index is 176. The standard InChI is InChI=1S/C15H31N/c1-12(2)8-5-6-11-16-15-10-7-9-13(3)14(15)4/h12-16H,5-11H2,1-4H3. The maximum Gasteiger partial charge on any atom is 0.00952 e. The smallest absolute Gasteiger partial charge is 0.00952 e. The summed E-state index contributed by atoms with van der Waals surface area (Å²) < 4.78 is 0. The second kappa shape index (κ2) is 7.32. The Balaban J connectivity index is 2.07. The van der Waals surface area contributed by atoms with Gasteiger partial charge in [0.2, 0.25) is 0 Å². The molecule has 0 aromatic rings. The van der Waals surface area contributed by atoms with Crippen LogP contribution >= 0.6 is 0 Å². The Morgan fingerprint density at radius 2 is 1.88 bits per heavy atom. The summed E-state index contributed by atoms with van der Waals surface area (Å²) in [6, 6.07) is 0.794. The molecule has 0 aromatic heterocycles. The van der Waals surface area contributed by atoms with E-state index in [0.717, 1.165) is 23.8 Å². The maximum atomic E-state index is 3.78. The van der Waals surface area contributed by atoms with Crippen LogP contribution in [0.1, 0.15) is 66.2 Å². The van der Waals surface area contributed by atoms with Crippen LogP contribution in [0.15, 0.2) is 0 Å². The number of nitrogens with one attached hydrogen (secondary N) is 1. The fraction of sp³-hybridized carbons (Fsp3) is 1.00. The summed E-state index contributed by atoms with van der Waals surface area (Å²) in [4.78, 5) is 0. The molecule has 1 heteroatoms. The molecule has 0 aromatic carbocycles. The van der Waals surface area contributed by atoms with E-state index in [2.05, 4.69) is 33.0 Å². The molecule has 16 heavy (non-hydrogen) atoms. The van der Waals surface area contributed by atoms with E-state index in [1.165, 1.54) is 45.1 Å². The molecule has 3 unspecified atom stereocenters. The van der Waals surface area contributed by atoms with Crippen LogP contribution in [0.2, 0.25) is 0 Å². The lowest BCUT2D eigenvalue weighted by atomic mass is 9.78. The molecule has 0 heterocycles. The zero-order valence-corrected chi connectivity index (χ0v) is 11.8. The average Bonchev–Trinajstić information content (AvgIpc) is 2.23. The summed E-state index contributed by atoms with van der Waals surface area (Å²) in [5.41, 5.74) is 0. The van der Waals surface area contributed by atoms with Crippen molar-refractivity contribution in [2.75, 3.05) is 6.54 Å². The lowest BCUT2D eigenvalue weighted by molar-refractivity contribution is 0.206. The molecule has 0 aliphatic heterocycles. The number of unbranched alkanes of at least 4 members (excludes halogenated alkanes) is 1. The van der Waals surface area contributed by atoms with Crippen molar-refractivity contribution in [3.63, 3.8) is 0 Å². The minimum atomic E-state index is 0.794. The first kappa shape index (κ1) is 14.0. The SMILES string of the molecule is CC(C)CCCCNC1CCCC(C)C1C. The zero-order chi connectivity index (χ0) is 12.0. The Hall–Kier alpha value is -0.0400. The van der Waals surface area contributed by atoms with Gasteiger partial charge in [-0.2, -0.15) is 0 Å². The van der Waals surface area contributed by atoms with Gasteiger partial charge in [-0.15, -0.1) is 0 Å². The number of hydrogen-bond donors (Lipinski definition) is 1. The average molecular weight is 225 g/mol. The maximum absolute atomic E-state index is 3.78. The van der Waals surface area contributed by atoms with E-state index in [1.54, 1.807) is 0 Å². The van der Waals surface area contributed by atoms with E-state index in [1.807, 2.05) is 0 Å². The fourth-order valence-corrected chi connectivity index (χ4v) is 2.84. The fourth-order valence-electron chi connectivity index (χ4n) is 2.84. The van der Waals surface area contributed by atoms with Gasteiger partial charge in [0.25, 0.3) is 0 Å². The van der Waals surface area contributed by atoms with Crippen molar-refractivity contribution in [3.8, 4) is 0 Å². The summed E-state index contributed by atoms with van der Waals surface area (Å²) in [5.74, 6) is 2.66. The van der Waals surface area contributed by atoms with Gasteiger partial charge in [0.15, 0.2) is 0 Å². The molecule has 0 radical (unpaired) electrons. The molecule has 0 bridgehead atoms. The Morgan fingerprint density at radius 3 is 2.56 bits per heavy atom. The summed E-state index contributed by atoms with van der Waals surface area (Å²) in [5, 5.41) is 3.78. The predicted molar refractivity (Wildman–Crippen MR) is 72.7 cm³/mol. The first-order valence-electron chi connectivity index (χ1n) is 7.34. The van der Waals surface area contributed by atoms with Crippen LogP contribution in [0.3, 0.4) is 0 Å². The predicted octanol–water partition coefficient (Wildman–Crippen LogP) is 4.23. The topological polar surface area (TPSA) is 12.0 Å². The van der Waals surface area contributed by atoms with Crippen LogP contribution in [0.4, 0.5) is 0 Å². The van der Waals surface area contributed by atoms with Crippen LogP contribution in [0, 0.1) is 17.8 Å². The van der Waals surface area contributed by atoms with Gasteiger partial charge in [-0.1, -0.05) is 53.4 Å². The first-order valence-corrected chi connectivity index (χ1v) is 7.34. The number of rotatable bonds is 6. The van der Waals surface area contributed by atoms with E-state index in [0.29, 0.717) is 0 Å². The lowest BCUT2D eigenvalue weighted by Crippen LogP contribution is -2.40. The quantitative estimate of drug-likeness (QED) is 0.667. The molecule has 1 rings (SSSR count). The third kappa shape index (κ3) is 4.86. The van der Waals surface area contributed by atoms with Crippen molar-refractivity contribution in [2.45, 2.75) is 72.3 Å². The molecule has 3 atom stereocenters. The molecule has 0 spiro atoms. The van der Waals surface area contributed by atoms with E-state index < -0.39 is 0 Å². The normalized spacial score (nSPS) is 30.9. The van der Waals surface area contributed by atoms with Crippen LogP contribution < -0.4 is 5.32 Å². The molecule has 0 amide bonds. The summed E-state index contributed by atoms with van der Waals surface area (Å²) in [6.07, 6.45) is 8.40. The van der Waals surface area contributed by atoms with Crippen LogP contribution in [-0.4, -0.2) is 12.6 Å². The molecule has 1 fully saturated rings. The van der Waals surface area contributed by atoms with Crippen molar-refractivity contribution < 1.29 is 0 Å². The van der Waals surface area contributed by atoms with Crippen molar-refractivity contribution >= 4 is 0 Å². The largest absolute Gasteiger partial charge is 0.314 e. The molecule has 1 N–H and O–H groups in total. The third-order valence-corrected chi connectivity index (χ3v) is 4.32. The molecule has 1 saturated carbocycles. The highest BCUT2D eigenvalue weighted by Crippen LogP contribution is 2.29. The van der Waals surface area contributed by atoms with E-state index in [4.69, 9.17) is 0 Å². The molecule has 1 nitrogen and oxygen atoms in total. The number of hydrogen-bond acceptors (Lipinski definition) is 1.